The minimum atomic E-state index is -0.409. The molecule has 3 rings (SSSR count). The summed E-state index contributed by atoms with van der Waals surface area (Å²) in [5, 5.41) is 4.78. The monoisotopic (exact) mass is 325 g/mol. The van der Waals surface area contributed by atoms with Gasteiger partial charge in [-0.3, -0.25) is 4.79 Å². The Morgan fingerprint density at radius 1 is 1.38 bits per heavy atom. The lowest BCUT2D eigenvalue weighted by Crippen LogP contribution is -2.16. The van der Waals surface area contributed by atoms with Gasteiger partial charge in [0.25, 0.3) is 0 Å². The topological polar surface area (TPSA) is 68.8 Å². The van der Waals surface area contributed by atoms with E-state index in [-0.39, 0.29) is 5.76 Å². The first-order valence-electron chi connectivity index (χ1n) is 7.66. The highest BCUT2D eigenvalue weighted by Gasteiger charge is 2.14. The van der Waals surface area contributed by atoms with Crippen LogP contribution in [0.5, 0.6) is 5.75 Å². The summed E-state index contributed by atoms with van der Waals surface area (Å²) < 4.78 is 12.9. The minimum Gasteiger partial charge on any atom is -0.493 e. The number of nitrogens with zero attached hydrogens (tertiary/aromatic N) is 2. The number of hydrogen-bond acceptors (Lipinski definition) is 4. The second-order valence-corrected chi connectivity index (χ2v) is 5.67. The molecule has 0 aliphatic carbocycles. The van der Waals surface area contributed by atoms with Crippen LogP contribution < -0.4 is 10.2 Å². The van der Waals surface area contributed by atoms with Gasteiger partial charge in [0.15, 0.2) is 17.1 Å². The molecule has 0 saturated heterocycles. The summed E-state index contributed by atoms with van der Waals surface area (Å²) in [5.74, 6) is 0.365. The number of amides is 1. The van der Waals surface area contributed by atoms with Crippen LogP contribution in [-0.2, 0) is 0 Å². The van der Waals surface area contributed by atoms with E-state index < -0.39 is 5.91 Å². The van der Waals surface area contributed by atoms with Crippen molar-refractivity contribution in [1.82, 2.24) is 9.99 Å². The number of ether oxygens (including phenoxy) is 1. The number of fused-ring (bicyclic) bond motifs is 1. The number of hydrogen-bond donors (Lipinski definition) is 1. The van der Waals surface area contributed by atoms with Gasteiger partial charge in [-0.1, -0.05) is 12.1 Å². The summed E-state index contributed by atoms with van der Waals surface area (Å²) in [6, 6.07) is 9.46. The molecule has 24 heavy (non-hydrogen) atoms. The number of carbonyl (C=O) groups is 1. The number of hydrazone groups is 1. The fraction of sp³-hybridized carbons (Fsp3) is 0.222. The van der Waals surface area contributed by atoms with Gasteiger partial charge in [0, 0.05) is 29.4 Å². The Balaban J connectivity index is 1.71. The summed E-state index contributed by atoms with van der Waals surface area (Å²) in [6.07, 6.45) is 5.53. The predicted octanol–water partition coefficient (Wildman–Crippen LogP) is 3.59. The van der Waals surface area contributed by atoms with Crippen molar-refractivity contribution in [2.24, 2.45) is 5.10 Å². The molecule has 3 aromatic rings. The van der Waals surface area contributed by atoms with Crippen LogP contribution in [0, 0.1) is 0 Å². The van der Waals surface area contributed by atoms with Crippen LogP contribution in [0.3, 0.4) is 0 Å². The lowest BCUT2D eigenvalue weighted by atomic mass is 10.2. The average Bonchev–Trinajstić information content (AvgIpc) is 3.21. The van der Waals surface area contributed by atoms with Crippen LogP contribution in [0.4, 0.5) is 0 Å². The second kappa shape index (κ2) is 6.62. The molecule has 0 fully saturated rings. The normalized spacial score (nSPS) is 11.5. The third-order valence-corrected chi connectivity index (χ3v) is 3.66. The average molecular weight is 325 g/mol. The number of furan rings is 1. The molecule has 0 aliphatic heterocycles. The second-order valence-electron chi connectivity index (χ2n) is 5.67. The van der Waals surface area contributed by atoms with Gasteiger partial charge in [0.1, 0.15) is 0 Å². The predicted molar refractivity (Wildman–Crippen MR) is 92.6 cm³/mol. The highest BCUT2D eigenvalue weighted by Crippen LogP contribution is 2.28. The molecule has 0 saturated carbocycles. The van der Waals surface area contributed by atoms with Gasteiger partial charge < -0.3 is 13.7 Å². The zero-order valence-electron chi connectivity index (χ0n) is 13.8. The number of methoxy groups -OCH3 is 1. The van der Waals surface area contributed by atoms with E-state index in [2.05, 4.69) is 28.9 Å². The Kier molecular flexibility index (Phi) is 4.37. The smallest absolute Gasteiger partial charge is 0.307 e. The molecule has 0 unspecified atom stereocenters. The molecule has 1 aromatic carbocycles. The number of rotatable bonds is 5. The van der Waals surface area contributed by atoms with Crippen LogP contribution in [0.1, 0.15) is 36.0 Å². The van der Waals surface area contributed by atoms with E-state index in [0.717, 1.165) is 10.9 Å². The molecule has 124 valence electrons. The molecular formula is C18H19N3O3. The largest absolute Gasteiger partial charge is 0.493 e. The fourth-order valence-corrected chi connectivity index (χ4v) is 2.36. The third-order valence-electron chi connectivity index (χ3n) is 3.66. The Bertz CT molecular complexity index is 890. The van der Waals surface area contributed by atoms with Crippen molar-refractivity contribution in [2.45, 2.75) is 19.9 Å². The molecule has 1 N–H and O–H groups in total. The van der Waals surface area contributed by atoms with Crippen LogP contribution in [0.15, 0.2) is 52.2 Å². The molecule has 0 aliphatic rings. The lowest BCUT2D eigenvalue weighted by Gasteiger charge is -2.04. The van der Waals surface area contributed by atoms with Gasteiger partial charge in [0.05, 0.1) is 13.3 Å². The summed E-state index contributed by atoms with van der Waals surface area (Å²) in [6.45, 7) is 4.19. The van der Waals surface area contributed by atoms with Crippen molar-refractivity contribution in [3.8, 4) is 5.75 Å². The lowest BCUT2D eigenvalue weighted by molar-refractivity contribution is 0.0929. The van der Waals surface area contributed by atoms with Gasteiger partial charge in [-0.25, -0.2) is 5.43 Å². The van der Waals surface area contributed by atoms with E-state index in [9.17, 15) is 4.79 Å². The van der Waals surface area contributed by atoms with Gasteiger partial charge in [-0.15, -0.1) is 0 Å². The molecular weight excluding hydrogens is 306 g/mol. The van der Waals surface area contributed by atoms with E-state index in [1.54, 1.807) is 25.5 Å². The maximum absolute atomic E-state index is 12.2. The maximum Gasteiger partial charge on any atom is 0.307 e. The Labute approximate surface area is 139 Å². The first kappa shape index (κ1) is 15.9. The van der Waals surface area contributed by atoms with Gasteiger partial charge in [0.2, 0.25) is 0 Å². The van der Waals surface area contributed by atoms with E-state index in [1.807, 2.05) is 30.6 Å². The first-order chi connectivity index (χ1) is 11.6. The quantitative estimate of drug-likeness (QED) is 0.576. The van der Waals surface area contributed by atoms with Crippen molar-refractivity contribution in [1.29, 1.82) is 0 Å². The fourth-order valence-electron chi connectivity index (χ4n) is 2.36. The Hall–Kier alpha value is -3.02. The highest BCUT2D eigenvalue weighted by molar-refractivity contribution is 5.97. The van der Waals surface area contributed by atoms with Crippen molar-refractivity contribution in [2.75, 3.05) is 7.11 Å². The minimum absolute atomic E-state index is 0.186. The van der Waals surface area contributed by atoms with Crippen molar-refractivity contribution >= 4 is 23.1 Å². The maximum atomic E-state index is 12.2. The number of nitrogens with one attached hydrogen (secondary N) is 1. The summed E-state index contributed by atoms with van der Waals surface area (Å²) in [7, 11) is 1.56. The van der Waals surface area contributed by atoms with Crippen molar-refractivity contribution in [3.63, 3.8) is 0 Å². The Morgan fingerprint density at radius 2 is 2.21 bits per heavy atom. The third kappa shape index (κ3) is 3.17. The molecule has 2 heterocycles. The molecule has 0 radical (unpaired) electrons. The molecule has 1 amide bonds. The van der Waals surface area contributed by atoms with Crippen LogP contribution in [0.25, 0.3) is 11.0 Å². The first-order valence-corrected chi connectivity index (χ1v) is 7.66. The van der Waals surface area contributed by atoms with Gasteiger partial charge in [-0.2, -0.15) is 5.10 Å². The van der Waals surface area contributed by atoms with E-state index >= 15 is 0 Å². The molecule has 0 atom stereocenters. The molecule has 6 heteroatoms. The summed E-state index contributed by atoms with van der Waals surface area (Å²) in [4.78, 5) is 12.2. The number of carbonyl (C=O) groups excluding carboxylic acids is 1. The highest BCUT2D eigenvalue weighted by atomic mass is 16.5. The molecule has 2 aromatic heterocycles. The SMILES string of the molecule is COc1cccc2cc(C(=O)N/N=C\c3ccn(C(C)C)c3)oc12. The van der Waals surface area contributed by atoms with Crippen LogP contribution in [-0.4, -0.2) is 23.8 Å². The summed E-state index contributed by atoms with van der Waals surface area (Å²) in [5.41, 5.74) is 3.93. The Morgan fingerprint density at radius 3 is 2.92 bits per heavy atom. The van der Waals surface area contributed by atoms with E-state index in [1.165, 1.54) is 0 Å². The van der Waals surface area contributed by atoms with Crippen molar-refractivity contribution < 1.29 is 13.9 Å². The van der Waals surface area contributed by atoms with Gasteiger partial charge >= 0.3 is 5.91 Å². The van der Waals surface area contributed by atoms with E-state index in [4.69, 9.17) is 9.15 Å². The van der Waals surface area contributed by atoms with Crippen molar-refractivity contribution in [3.05, 3.63) is 54.0 Å². The number of aromatic nitrogens is 1. The number of para-hydroxylation sites is 1. The number of benzene rings is 1. The van der Waals surface area contributed by atoms with Crippen LogP contribution >= 0.6 is 0 Å². The zero-order chi connectivity index (χ0) is 17.1. The van der Waals surface area contributed by atoms with Gasteiger partial charge in [-0.05, 0) is 32.0 Å². The molecule has 6 nitrogen and oxygen atoms in total. The molecule has 0 spiro atoms. The molecule has 0 bridgehead atoms. The standard InChI is InChI=1S/C18H19N3O3/c1-12(2)21-8-7-13(11-21)10-19-20-18(22)16-9-14-5-4-6-15(23-3)17(14)24-16/h4-12H,1-3H3,(H,20,22)/b19-10-. The van der Waals surface area contributed by atoms with E-state index in [0.29, 0.717) is 17.4 Å². The zero-order valence-corrected chi connectivity index (χ0v) is 13.8. The van der Waals surface area contributed by atoms with Crippen LogP contribution in [0.2, 0.25) is 0 Å². The summed E-state index contributed by atoms with van der Waals surface area (Å²) >= 11 is 0.